The summed E-state index contributed by atoms with van der Waals surface area (Å²) < 4.78 is 4.66. The lowest BCUT2D eigenvalue weighted by Crippen LogP contribution is -2.44. The topological polar surface area (TPSA) is 81.4 Å². The quantitative estimate of drug-likeness (QED) is 0.500. The zero-order valence-corrected chi connectivity index (χ0v) is 12.9. The number of esters is 1. The summed E-state index contributed by atoms with van der Waals surface area (Å²) in [6.07, 6.45) is 4.32. The smallest absolute Gasteiger partial charge is 0.328 e. The highest BCUT2D eigenvalue weighted by molar-refractivity contribution is 5.85. The van der Waals surface area contributed by atoms with Crippen molar-refractivity contribution in [1.29, 1.82) is 0 Å². The first-order valence-corrected chi connectivity index (χ1v) is 6.60. The number of ether oxygens (including phenoxy) is 1. The van der Waals surface area contributed by atoms with Gasteiger partial charge in [-0.1, -0.05) is 26.7 Å². The molecule has 0 bridgehead atoms. The molecule has 0 aromatic rings. The van der Waals surface area contributed by atoms with E-state index in [1.165, 1.54) is 7.11 Å². The van der Waals surface area contributed by atoms with Gasteiger partial charge < -0.3 is 15.8 Å². The first kappa shape index (κ1) is 20.5. The first-order chi connectivity index (χ1) is 8.52. The van der Waals surface area contributed by atoms with Gasteiger partial charge in [0.25, 0.3) is 0 Å². The molecule has 0 aliphatic rings. The minimum absolute atomic E-state index is 0. The summed E-state index contributed by atoms with van der Waals surface area (Å²) in [6, 6.07) is -0.549. The fraction of sp³-hybridized carbons (Fsp3) is 0.846. The second-order valence-corrected chi connectivity index (χ2v) is 4.77. The second-order valence-electron chi connectivity index (χ2n) is 4.77. The van der Waals surface area contributed by atoms with Crippen molar-refractivity contribution in [2.75, 3.05) is 13.7 Å². The summed E-state index contributed by atoms with van der Waals surface area (Å²) in [5.74, 6) is -0.452. The average Bonchev–Trinajstić information content (AvgIpc) is 2.34. The van der Waals surface area contributed by atoms with Gasteiger partial charge in [-0.25, -0.2) is 4.79 Å². The molecule has 19 heavy (non-hydrogen) atoms. The molecular formula is C13H27ClN2O3. The lowest BCUT2D eigenvalue weighted by molar-refractivity contribution is -0.146. The van der Waals surface area contributed by atoms with Crippen molar-refractivity contribution in [3.05, 3.63) is 0 Å². The number of nitrogens with two attached hydrogens (primary N) is 1. The monoisotopic (exact) mass is 294 g/mol. The summed E-state index contributed by atoms with van der Waals surface area (Å²) in [7, 11) is 1.33. The second kappa shape index (κ2) is 12.2. The Morgan fingerprint density at radius 2 is 1.74 bits per heavy atom. The van der Waals surface area contributed by atoms with Crippen LogP contribution in [0.25, 0.3) is 0 Å². The van der Waals surface area contributed by atoms with Crippen LogP contribution in [0.15, 0.2) is 0 Å². The minimum Gasteiger partial charge on any atom is -0.467 e. The zero-order valence-electron chi connectivity index (χ0n) is 12.1. The van der Waals surface area contributed by atoms with Crippen LogP contribution >= 0.6 is 12.4 Å². The number of amides is 1. The van der Waals surface area contributed by atoms with Crippen LogP contribution < -0.4 is 11.1 Å². The number of nitrogens with one attached hydrogen (secondary N) is 1. The third-order valence-corrected chi connectivity index (χ3v) is 2.80. The van der Waals surface area contributed by atoms with Crippen LogP contribution in [-0.4, -0.2) is 31.6 Å². The van der Waals surface area contributed by atoms with Crippen molar-refractivity contribution >= 4 is 24.3 Å². The number of rotatable bonds is 9. The molecule has 0 saturated heterocycles. The Kier molecular flexibility index (Phi) is 13.2. The normalized spacial score (nSPS) is 11.6. The van der Waals surface area contributed by atoms with Gasteiger partial charge in [0, 0.05) is 6.42 Å². The molecule has 114 valence electrons. The number of hydrogen-bond acceptors (Lipinski definition) is 4. The summed E-state index contributed by atoms with van der Waals surface area (Å²) in [5.41, 5.74) is 5.39. The number of carbonyl (C=O) groups is 2. The van der Waals surface area contributed by atoms with Crippen LogP contribution in [0, 0.1) is 5.92 Å². The zero-order chi connectivity index (χ0) is 14.0. The molecule has 0 aliphatic heterocycles. The summed E-state index contributed by atoms with van der Waals surface area (Å²) in [4.78, 5) is 23.1. The molecule has 0 heterocycles. The van der Waals surface area contributed by atoms with Crippen LogP contribution in [0.1, 0.15) is 46.0 Å². The van der Waals surface area contributed by atoms with Crippen LogP contribution in [0.3, 0.4) is 0 Å². The number of halogens is 1. The molecule has 0 aliphatic carbocycles. The van der Waals surface area contributed by atoms with E-state index in [4.69, 9.17) is 5.73 Å². The molecule has 0 saturated carbocycles. The molecule has 1 atom stereocenters. The largest absolute Gasteiger partial charge is 0.467 e. The van der Waals surface area contributed by atoms with E-state index in [2.05, 4.69) is 10.1 Å². The van der Waals surface area contributed by atoms with Gasteiger partial charge in [0.15, 0.2) is 0 Å². The van der Waals surface area contributed by atoms with Gasteiger partial charge in [0.1, 0.15) is 6.04 Å². The molecule has 0 aromatic carbocycles. The summed E-state index contributed by atoms with van der Waals surface area (Å²) in [5, 5.41) is 2.72. The third kappa shape index (κ3) is 9.73. The van der Waals surface area contributed by atoms with E-state index in [9.17, 15) is 9.59 Å². The Morgan fingerprint density at radius 1 is 1.16 bits per heavy atom. The van der Waals surface area contributed by atoms with Crippen LogP contribution in [0.5, 0.6) is 0 Å². The number of methoxy groups -OCH3 is 1. The molecule has 5 nitrogen and oxygen atoms in total. The molecule has 6 heteroatoms. The van der Waals surface area contributed by atoms with Crippen molar-refractivity contribution < 1.29 is 14.3 Å². The fourth-order valence-electron chi connectivity index (χ4n) is 1.65. The average molecular weight is 295 g/mol. The molecule has 1 unspecified atom stereocenters. The first-order valence-electron chi connectivity index (χ1n) is 6.60. The lowest BCUT2D eigenvalue weighted by Gasteiger charge is -2.19. The molecule has 1 amide bonds. The van der Waals surface area contributed by atoms with Gasteiger partial charge >= 0.3 is 5.97 Å². The lowest BCUT2D eigenvalue weighted by atomic mass is 10.0. The van der Waals surface area contributed by atoms with Gasteiger partial charge in [-0.2, -0.15) is 0 Å². The molecule has 0 radical (unpaired) electrons. The SMILES string of the molecule is COC(=O)C(NC(=O)CCCCCCN)C(C)C.Cl. The van der Waals surface area contributed by atoms with Crippen LogP contribution in [0.2, 0.25) is 0 Å². The molecule has 0 spiro atoms. The Labute approximate surface area is 122 Å². The molecule has 0 aromatic heterocycles. The van der Waals surface area contributed by atoms with E-state index in [-0.39, 0.29) is 30.2 Å². The molecule has 0 rings (SSSR count). The highest BCUT2D eigenvalue weighted by Gasteiger charge is 2.24. The Hall–Kier alpha value is -0.810. The van der Waals surface area contributed by atoms with Gasteiger partial charge in [-0.05, 0) is 25.3 Å². The third-order valence-electron chi connectivity index (χ3n) is 2.80. The maximum absolute atomic E-state index is 11.7. The number of hydrogen-bond donors (Lipinski definition) is 2. The molecule has 3 N–H and O–H groups in total. The van der Waals surface area contributed by atoms with E-state index >= 15 is 0 Å². The predicted octanol–water partition coefficient (Wildman–Crippen LogP) is 1.63. The summed E-state index contributed by atoms with van der Waals surface area (Å²) >= 11 is 0. The fourth-order valence-corrected chi connectivity index (χ4v) is 1.65. The predicted molar refractivity (Wildman–Crippen MR) is 78.2 cm³/mol. The number of carbonyl (C=O) groups excluding carboxylic acids is 2. The van der Waals surface area contributed by atoms with Crippen LogP contribution in [0.4, 0.5) is 0 Å². The highest BCUT2D eigenvalue weighted by Crippen LogP contribution is 2.06. The van der Waals surface area contributed by atoms with E-state index in [0.29, 0.717) is 13.0 Å². The van der Waals surface area contributed by atoms with Gasteiger partial charge in [-0.15, -0.1) is 12.4 Å². The Balaban J connectivity index is 0. The molecule has 0 fully saturated rings. The van der Waals surface area contributed by atoms with Gasteiger partial charge in [0.05, 0.1) is 7.11 Å². The van der Waals surface area contributed by atoms with E-state index in [1.54, 1.807) is 0 Å². The van der Waals surface area contributed by atoms with Crippen molar-refractivity contribution in [3.8, 4) is 0 Å². The van der Waals surface area contributed by atoms with Crippen molar-refractivity contribution in [2.24, 2.45) is 11.7 Å². The Morgan fingerprint density at radius 3 is 2.21 bits per heavy atom. The minimum atomic E-state index is -0.549. The highest BCUT2D eigenvalue weighted by atomic mass is 35.5. The maximum atomic E-state index is 11.7. The van der Waals surface area contributed by atoms with E-state index in [1.807, 2.05) is 13.8 Å². The molecular weight excluding hydrogens is 268 g/mol. The Bertz CT molecular complexity index is 260. The number of unbranched alkanes of at least 4 members (excludes halogenated alkanes) is 3. The van der Waals surface area contributed by atoms with E-state index in [0.717, 1.165) is 25.7 Å². The van der Waals surface area contributed by atoms with Gasteiger partial charge in [-0.3, -0.25) is 4.79 Å². The standard InChI is InChI=1S/C13H26N2O3.ClH/c1-10(2)12(13(17)18-3)15-11(16)8-6-4-5-7-9-14;/h10,12H,4-9,14H2,1-3H3,(H,15,16);1H. The van der Waals surface area contributed by atoms with Crippen LogP contribution in [-0.2, 0) is 14.3 Å². The van der Waals surface area contributed by atoms with Crippen molar-refractivity contribution in [3.63, 3.8) is 0 Å². The van der Waals surface area contributed by atoms with Gasteiger partial charge in [0.2, 0.25) is 5.91 Å². The summed E-state index contributed by atoms with van der Waals surface area (Å²) in [6.45, 7) is 4.45. The van der Waals surface area contributed by atoms with Crippen molar-refractivity contribution in [2.45, 2.75) is 52.0 Å². The van der Waals surface area contributed by atoms with E-state index < -0.39 is 6.04 Å². The van der Waals surface area contributed by atoms with Crippen molar-refractivity contribution in [1.82, 2.24) is 5.32 Å². The maximum Gasteiger partial charge on any atom is 0.328 e.